The number of rotatable bonds is 10. The lowest BCUT2D eigenvalue weighted by Gasteiger charge is -2.20. The molecule has 23 heavy (non-hydrogen) atoms. The smallest absolute Gasteiger partial charge is 0.154 e. The summed E-state index contributed by atoms with van der Waals surface area (Å²) in [6, 6.07) is 0. The van der Waals surface area contributed by atoms with Gasteiger partial charge >= 0.3 is 0 Å². The van der Waals surface area contributed by atoms with Gasteiger partial charge in [0.15, 0.2) is 32.1 Å². The maximum absolute atomic E-state index is 11.2. The monoisotopic (exact) mass is 378 g/mol. The fourth-order valence-electron chi connectivity index (χ4n) is 2.07. The van der Waals surface area contributed by atoms with Crippen LogP contribution in [0.15, 0.2) is 0 Å². The molecule has 0 rings (SSSR count). The first-order valence-electron chi connectivity index (χ1n) is 6.57. The summed E-state index contributed by atoms with van der Waals surface area (Å²) in [4.78, 5) is 0. The van der Waals surface area contributed by atoms with Crippen molar-refractivity contribution in [3.8, 4) is 37.0 Å². The van der Waals surface area contributed by atoms with E-state index in [1.165, 1.54) is 0 Å². The van der Waals surface area contributed by atoms with Gasteiger partial charge in [0.1, 0.15) is 15.7 Å². The van der Waals surface area contributed by atoms with Gasteiger partial charge in [0, 0.05) is 0 Å². The second-order valence-corrected chi connectivity index (χ2v) is 8.26. The number of terminal acetylenes is 3. The molecule has 0 aliphatic rings. The molecule has 0 aromatic carbocycles. The lowest BCUT2D eigenvalue weighted by atomic mass is 9.92. The normalized spacial score (nSPS) is 16.2. The van der Waals surface area contributed by atoms with Crippen LogP contribution in [0.5, 0.6) is 0 Å². The summed E-state index contributed by atoms with van der Waals surface area (Å²) in [6.07, 6.45) is 15.8. The number of hydrogen-bond donors (Lipinski definition) is 3. The Kier molecular flexibility index (Phi) is 10.4. The third-order valence-corrected chi connectivity index (χ3v) is 6.22. The molecule has 0 radical (unpaired) electrons. The van der Waals surface area contributed by atoms with Gasteiger partial charge in [0.05, 0.1) is 0 Å². The van der Waals surface area contributed by atoms with Gasteiger partial charge in [-0.3, -0.25) is 0 Å². The van der Waals surface area contributed by atoms with E-state index in [0.29, 0.717) is 0 Å². The predicted molar refractivity (Wildman–Crippen MR) is 90.8 cm³/mol. The van der Waals surface area contributed by atoms with Crippen LogP contribution in [0.3, 0.4) is 0 Å². The van der Waals surface area contributed by atoms with Crippen LogP contribution in [-0.4, -0.2) is 41.0 Å². The molecule has 0 aliphatic carbocycles. The summed E-state index contributed by atoms with van der Waals surface area (Å²) >= 11 is 0. The zero-order valence-electron chi connectivity index (χ0n) is 12.2. The zero-order chi connectivity index (χ0) is 18.0. The van der Waals surface area contributed by atoms with Gasteiger partial charge in [-0.2, -0.15) is 0 Å². The largest absolute Gasteiger partial charge is 0.231 e. The Morgan fingerprint density at radius 3 is 1.22 bits per heavy atom. The first-order chi connectivity index (χ1) is 10.8. The molecule has 0 aromatic heterocycles. The van der Waals surface area contributed by atoms with E-state index in [1.54, 1.807) is 0 Å². The van der Waals surface area contributed by atoms with Gasteiger partial charge in [0.25, 0.3) is 0 Å². The van der Waals surface area contributed by atoms with Gasteiger partial charge in [-0.25, -0.2) is 25.3 Å². The van der Waals surface area contributed by atoms with Crippen molar-refractivity contribution in [2.24, 2.45) is 5.92 Å². The van der Waals surface area contributed by atoms with Crippen molar-refractivity contribution in [2.75, 3.05) is 0 Å². The molecule has 0 fully saturated rings. The summed E-state index contributed by atoms with van der Waals surface area (Å²) in [5, 5.41) is -3.17. The van der Waals surface area contributed by atoms with Crippen LogP contribution in [0.4, 0.5) is 0 Å². The highest BCUT2D eigenvalue weighted by Crippen LogP contribution is 2.23. The van der Waals surface area contributed by atoms with Crippen LogP contribution in [0, 0.1) is 42.9 Å². The Morgan fingerprint density at radius 1 is 0.609 bits per heavy atom. The van der Waals surface area contributed by atoms with Gasteiger partial charge < -0.3 is 0 Å². The molecule has 9 heteroatoms. The van der Waals surface area contributed by atoms with E-state index in [0.717, 1.165) is 0 Å². The quantitative estimate of drug-likeness (QED) is 0.333. The lowest BCUT2D eigenvalue weighted by molar-refractivity contribution is 0.436. The maximum Gasteiger partial charge on any atom is 0.154 e. The molecular formula is C14H18O6S3. The molecule has 0 saturated carbocycles. The zero-order valence-corrected chi connectivity index (χ0v) is 14.8. The second kappa shape index (κ2) is 11.1. The average Bonchev–Trinajstić information content (AvgIpc) is 2.47. The van der Waals surface area contributed by atoms with Crippen LogP contribution in [-0.2, 0) is 32.1 Å². The van der Waals surface area contributed by atoms with Crippen LogP contribution >= 0.6 is 0 Å². The number of hydrogen-bond acceptors (Lipinski definition) is 6. The molecule has 3 unspecified atom stereocenters. The highest BCUT2D eigenvalue weighted by molar-refractivity contribution is 7.73. The molecule has 0 spiro atoms. The molecule has 128 valence electrons. The molecule has 0 heterocycles. The van der Waals surface area contributed by atoms with Crippen molar-refractivity contribution < 1.29 is 25.3 Å². The van der Waals surface area contributed by atoms with Gasteiger partial charge in [-0.05, 0) is 31.6 Å². The molecule has 6 nitrogen and oxygen atoms in total. The third kappa shape index (κ3) is 7.56. The Morgan fingerprint density at radius 2 is 1.00 bits per heavy atom. The SMILES string of the molecule is C#CC(CCC(CCC(C#C)[SH](=O)=O)C(C#C)[SH](=O)=O)[SH](=O)=O. The maximum atomic E-state index is 11.2. The summed E-state index contributed by atoms with van der Waals surface area (Å²) in [7, 11) is -8.62. The molecular weight excluding hydrogens is 360 g/mol. The fourth-order valence-corrected chi connectivity index (χ4v) is 3.80. The van der Waals surface area contributed by atoms with Crippen molar-refractivity contribution in [3.63, 3.8) is 0 Å². The molecule has 0 aromatic rings. The van der Waals surface area contributed by atoms with Crippen LogP contribution in [0.1, 0.15) is 25.7 Å². The molecule has 0 aliphatic heterocycles. The minimum absolute atomic E-state index is 0.0471. The topological polar surface area (TPSA) is 102 Å². The minimum Gasteiger partial charge on any atom is -0.231 e. The van der Waals surface area contributed by atoms with Crippen molar-refractivity contribution in [3.05, 3.63) is 0 Å². The van der Waals surface area contributed by atoms with E-state index in [4.69, 9.17) is 19.3 Å². The van der Waals surface area contributed by atoms with Crippen molar-refractivity contribution >= 4 is 32.1 Å². The van der Waals surface area contributed by atoms with E-state index < -0.39 is 53.8 Å². The molecule has 0 saturated heterocycles. The van der Waals surface area contributed by atoms with Gasteiger partial charge in [-0.1, -0.05) is 17.8 Å². The van der Waals surface area contributed by atoms with E-state index in [2.05, 4.69) is 17.8 Å². The minimum atomic E-state index is -2.95. The van der Waals surface area contributed by atoms with Crippen molar-refractivity contribution in [1.82, 2.24) is 0 Å². The van der Waals surface area contributed by atoms with Crippen LogP contribution in [0.2, 0.25) is 0 Å². The van der Waals surface area contributed by atoms with Crippen molar-refractivity contribution in [2.45, 2.75) is 41.4 Å². The predicted octanol–water partition coefficient (Wildman–Crippen LogP) is -0.997. The first-order valence-corrected chi connectivity index (χ1v) is 10.3. The third-order valence-electron chi connectivity index (χ3n) is 3.36. The Hall–Kier alpha value is -1.47. The highest BCUT2D eigenvalue weighted by Gasteiger charge is 2.25. The summed E-state index contributed by atoms with van der Waals surface area (Å²) in [5.74, 6) is 5.75. The van der Waals surface area contributed by atoms with Gasteiger partial charge in [0.2, 0.25) is 0 Å². The highest BCUT2D eigenvalue weighted by atomic mass is 32.2. The summed E-state index contributed by atoms with van der Waals surface area (Å²) in [6.45, 7) is 0. The second-order valence-electron chi connectivity index (χ2n) is 4.75. The average molecular weight is 378 g/mol. The Balaban J connectivity index is 5.15. The lowest BCUT2D eigenvalue weighted by Crippen LogP contribution is -2.24. The van der Waals surface area contributed by atoms with E-state index >= 15 is 0 Å². The standard InChI is InChI=1S/C14H18O6S3/c1-4-12(21(15)16)9-7-11(14(6-3)23(19)20)8-10-13(5-2)22(17)18/h1-3,11-14,21-23H,7-10H2. The van der Waals surface area contributed by atoms with E-state index in [1.807, 2.05) is 0 Å². The Bertz CT molecular complexity index is 672. The number of thiol groups is 3. The van der Waals surface area contributed by atoms with Crippen LogP contribution < -0.4 is 0 Å². The first kappa shape index (κ1) is 21.5. The van der Waals surface area contributed by atoms with Gasteiger partial charge in [-0.15, -0.1) is 19.3 Å². The van der Waals surface area contributed by atoms with Crippen molar-refractivity contribution in [1.29, 1.82) is 0 Å². The molecule has 3 atom stereocenters. The molecule has 0 amide bonds. The fraction of sp³-hybridized carbons (Fsp3) is 0.571. The summed E-state index contributed by atoms with van der Waals surface area (Å²) in [5.41, 5.74) is 0. The van der Waals surface area contributed by atoms with E-state index in [9.17, 15) is 25.3 Å². The molecule has 0 bridgehead atoms. The summed E-state index contributed by atoms with van der Waals surface area (Å²) < 4.78 is 66.3. The van der Waals surface area contributed by atoms with Crippen LogP contribution in [0.25, 0.3) is 0 Å². The molecule has 0 N–H and O–H groups in total. The Labute approximate surface area is 141 Å². The van der Waals surface area contributed by atoms with E-state index in [-0.39, 0.29) is 25.7 Å².